The molecule has 1 N–H and O–H groups in total. The van der Waals surface area contributed by atoms with Gasteiger partial charge in [0.25, 0.3) is 11.5 Å². The highest BCUT2D eigenvalue weighted by molar-refractivity contribution is 6.00. The van der Waals surface area contributed by atoms with Gasteiger partial charge in [-0.05, 0) is 13.8 Å². The number of fused-ring (bicyclic) bond motifs is 1. The van der Waals surface area contributed by atoms with E-state index in [4.69, 9.17) is 4.74 Å². The van der Waals surface area contributed by atoms with Crippen molar-refractivity contribution in [2.75, 3.05) is 32.8 Å². The van der Waals surface area contributed by atoms with Crippen molar-refractivity contribution in [3.05, 3.63) is 28.3 Å². The molecule has 9 nitrogen and oxygen atoms in total. The second kappa shape index (κ2) is 6.96. The van der Waals surface area contributed by atoms with Gasteiger partial charge in [0, 0.05) is 45.1 Å². The monoisotopic (exact) mass is 347 g/mol. The van der Waals surface area contributed by atoms with E-state index in [0.29, 0.717) is 56.2 Å². The number of piperazine rings is 1. The van der Waals surface area contributed by atoms with Crippen LogP contribution in [0.2, 0.25) is 0 Å². The minimum atomic E-state index is -0.358. The van der Waals surface area contributed by atoms with Gasteiger partial charge in [-0.1, -0.05) is 0 Å². The first kappa shape index (κ1) is 17.0. The number of hydrogen-bond acceptors (Lipinski definition) is 5. The number of aromatic nitrogens is 3. The van der Waals surface area contributed by atoms with Gasteiger partial charge < -0.3 is 19.1 Å². The average Bonchev–Trinajstić information content (AvgIpc) is 3.01. The summed E-state index contributed by atoms with van der Waals surface area (Å²) < 4.78 is 6.78. The molecule has 2 amide bonds. The SMILES string of the molecule is CCOC(=O)N1CCN(C(=O)c2cn(CC)cc3c(=O)[nH]nc2-3)CC1. The van der Waals surface area contributed by atoms with E-state index >= 15 is 0 Å². The molecule has 3 heterocycles. The van der Waals surface area contributed by atoms with Crippen LogP contribution in [-0.2, 0) is 11.3 Å². The highest BCUT2D eigenvalue weighted by atomic mass is 16.6. The lowest BCUT2D eigenvalue weighted by atomic mass is 10.1. The minimum Gasteiger partial charge on any atom is -0.450 e. The van der Waals surface area contributed by atoms with E-state index < -0.39 is 0 Å². The minimum absolute atomic E-state index is 0.192. The molecule has 0 aliphatic carbocycles. The predicted octanol–water partition coefficient (Wildman–Crippen LogP) is 0.610. The molecule has 3 aliphatic rings. The van der Waals surface area contributed by atoms with Gasteiger partial charge in [-0.15, -0.1) is 0 Å². The summed E-state index contributed by atoms with van der Waals surface area (Å²) in [6, 6.07) is 0. The molecule has 0 saturated carbocycles. The van der Waals surface area contributed by atoms with Gasteiger partial charge >= 0.3 is 6.09 Å². The van der Waals surface area contributed by atoms with Gasteiger partial charge in [0.15, 0.2) is 0 Å². The van der Waals surface area contributed by atoms with Crippen LogP contribution in [0.4, 0.5) is 4.79 Å². The topological polar surface area (TPSA) is 101 Å². The molecule has 134 valence electrons. The molecule has 0 aromatic heterocycles. The number of amides is 2. The Kier molecular flexibility index (Phi) is 4.73. The first-order valence-electron chi connectivity index (χ1n) is 8.34. The number of pyridine rings is 1. The second-order valence-electron chi connectivity index (χ2n) is 5.80. The summed E-state index contributed by atoms with van der Waals surface area (Å²) in [4.78, 5) is 39.8. The van der Waals surface area contributed by atoms with Crippen LogP contribution in [0.3, 0.4) is 0 Å². The van der Waals surface area contributed by atoms with Crippen LogP contribution in [0.1, 0.15) is 24.2 Å². The molecule has 0 unspecified atom stereocenters. The predicted molar refractivity (Wildman–Crippen MR) is 89.6 cm³/mol. The maximum atomic E-state index is 12.9. The first-order valence-corrected chi connectivity index (χ1v) is 8.34. The fourth-order valence-electron chi connectivity index (χ4n) is 2.91. The Morgan fingerprint density at radius 3 is 2.48 bits per heavy atom. The normalized spacial score (nSPS) is 14.8. The first-order chi connectivity index (χ1) is 12.0. The van der Waals surface area contributed by atoms with Gasteiger partial charge in [-0.2, -0.15) is 5.10 Å². The van der Waals surface area contributed by atoms with E-state index in [9.17, 15) is 14.4 Å². The third-order valence-corrected chi connectivity index (χ3v) is 4.30. The molecular weight excluding hydrogens is 326 g/mol. The Labute approximate surface area is 144 Å². The second-order valence-corrected chi connectivity index (χ2v) is 5.80. The molecule has 0 radical (unpaired) electrons. The summed E-state index contributed by atoms with van der Waals surface area (Å²) in [5.41, 5.74) is 0.867. The number of rotatable bonds is 3. The van der Waals surface area contributed by atoms with Crippen molar-refractivity contribution in [2.45, 2.75) is 20.4 Å². The molecule has 3 aliphatic heterocycles. The lowest BCUT2D eigenvalue weighted by Crippen LogP contribution is -2.50. The van der Waals surface area contributed by atoms with E-state index in [2.05, 4.69) is 10.2 Å². The van der Waals surface area contributed by atoms with Gasteiger partial charge in [0.1, 0.15) is 5.69 Å². The van der Waals surface area contributed by atoms with Crippen LogP contribution >= 0.6 is 0 Å². The number of ether oxygens (including phenoxy) is 1. The number of H-pyrrole nitrogens is 1. The summed E-state index contributed by atoms with van der Waals surface area (Å²) in [7, 11) is 0. The lowest BCUT2D eigenvalue weighted by Gasteiger charge is -2.34. The van der Waals surface area contributed by atoms with Gasteiger partial charge in [0.05, 0.1) is 17.7 Å². The number of carbonyl (C=O) groups is 2. The molecule has 1 saturated heterocycles. The molecule has 0 aromatic rings. The van der Waals surface area contributed by atoms with Crippen molar-refractivity contribution in [3.63, 3.8) is 0 Å². The van der Waals surface area contributed by atoms with Gasteiger partial charge in [-0.25, -0.2) is 9.89 Å². The molecule has 3 rings (SSSR count). The Bertz CT molecular complexity index is 803. The Morgan fingerprint density at radius 1 is 1.16 bits per heavy atom. The lowest BCUT2D eigenvalue weighted by molar-refractivity contribution is 0.0570. The molecule has 1 fully saturated rings. The van der Waals surface area contributed by atoms with Crippen LogP contribution in [0, 0.1) is 0 Å². The molecule has 9 heteroatoms. The number of nitrogens with one attached hydrogen (secondary N) is 1. The smallest absolute Gasteiger partial charge is 0.409 e. The molecule has 0 aromatic carbocycles. The number of hydrogen-bond donors (Lipinski definition) is 1. The van der Waals surface area contributed by atoms with Crippen LogP contribution in [0.15, 0.2) is 17.2 Å². The molecule has 0 bridgehead atoms. The van der Waals surface area contributed by atoms with Crippen LogP contribution in [0.25, 0.3) is 11.3 Å². The summed E-state index contributed by atoms with van der Waals surface area (Å²) in [6.45, 7) is 6.32. The Hall–Kier alpha value is -2.84. The van der Waals surface area contributed by atoms with Crippen molar-refractivity contribution in [2.24, 2.45) is 0 Å². The zero-order chi connectivity index (χ0) is 18.0. The third kappa shape index (κ3) is 3.21. The van der Waals surface area contributed by atoms with E-state index in [-0.39, 0.29) is 17.6 Å². The molecular formula is C16H21N5O4. The maximum absolute atomic E-state index is 12.9. The quantitative estimate of drug-likeness (QED) is 0.877. The van der Waals surface area contributed by atoms with E-state index in [1.54, 1.807) is 33.7 Å². The van der Waals surface area contributed by atoms with Crippen molar-refractivity contribution < 1.29 is 14.3 Å². The van der Waals surface area contributed by atoms with E-state index in [1.807, 2.05) is 6.92 Å². The molecule has 25 heavy (non-hydrogen) atoms. The zero-order valence-corrected chi connectivity index (χ0v) is 14.3. The van der Waals surface area contributed by atoms with Crippen LogP contribution in [0.5, 0.6) is 0 Å². The van der Waals surface area contributed by atoms with Gasteiger partial charge in [0.2, 0.25) is 0 Å². The summed E-state index contributed by atoms with van der Waals surface area (Å²) in [6.07, 6.45) is 3.04. The average molecular weight is 347 g/mol. The highest BCUT2D eigenvalue weighted by Gasteiger charge is 2.29. The zero-order valence-electron chi connectivity index (χ0n) is 14.3. The summed E-state index contributed by atoms with van der Waals surface area (Å²) in [5.74, 6) is -0.192. The number of aryl methyl sites for hydroxylation is 1. The van der Waals surface area contributed by atoms with E-state index in [0.717, 1.165) is 0 Å². The number of carbonyl (C=O) groups excluding carboxylic acids is 2. The van der Waals surface area contributed by atoms with Crippen LogP contribution in [-0.4, -0.2) is 69.4 Å². The van der Waals surface area contributed by atoms with Gasteiger partial charge in [-0.3, -0.25) is 9.59 Å². The van der Waals surface area contributed by atoms with Crippen molar-refractivity contribution >= 4 is 12.0 Å². The maximum Gasteiger partial charge on any atom is 0.409 e. The molecule has 0 spiro atoms. The Balaban J connectivity index is 1.79. The third-order valence-electron chi connectivity index (χ3n) is 4.30. The van der Waals surface area contributed by atoms with Crippen molar-refractivity contribution in [3.8, 4) is 11.3 Å². The fraction of sp³-hybridized carbons (Fsp3) is 0.500. The fourth-order valence-corrected chi connectivity index (χ4v) is 2.91. The number of aromatic amines is 1. The summed E-state index contributed by atoms with van der Waals surface area (Å²) in [5, 5.41) is 6.40. The largest absolute Gasteiger partial charge is 0.450 e. The number of nitrogens with zero attached hydrogens (tertiary/aromatic N) is 4. The van der Waals surface area contributed by atoms with Crippen LogP contribution < -0.4 is 5.56 Å². The van der Waals surface area contributed by atoms with E-state index in [1.165, 1.54) is 0 Å². The summed E-state index contributed by atoms with van der Waals surface area (Å²) >= 11 is 0. The van der Waals surface area contributed by atoms with Crippen molar-refractivity contribution in [1.82, 2.24) is 24.6 Å². The highest BCUT2D eigenvalue weighted by Crippen LogP contribution is 2.22. The standard InChI is InChI=1S/C16H21N5O4/c1-3-19-9-11-13(17-18-14(11)22)12(10-19)15(23)20-5-7-21(8-6-20)16(24)25-4-2/h9-10H,3-8H2,1-2H3,(H,18,22). The Morgan fingerprint density at radius 2 is 1.84 bits per heavy atom. The molecule has 0 atom stereocenters. The van der Waals surface area contributed by atoms with Crippen molar-refractivity contribution in [1.29, 1.82) is 0 Å².